The average Bonchev–Trinajstić information content (AvgIpc) is 2.65. The van der Waals surface area contributed by atoms with E-state index < -0.39 is 5.82 Å². The van der Waals surface area contributed by atoms with Crippen molar-refractivity contribution < 1.29 is 4.39 Å². The summed E-state index contributed by atoms with van der Waals surface area (Å²) in [7, 11) is 0. The van der Waals surface area contributed by atoms with Gasteiger partial charge in [0.1, 0.15) is 0 Å². The Morgan fingerprint density at radius 2 is 1.93 bits per heavy atom. The van der Waals surface area contributed by atoms with E-state index in [1.165, 1.54) is 38.1 Å². The van der Waals surface area contributed by atoms with Crippen molar-refractivity contribution in [3.05, 3.63) is 18.2 Å². The largest absolute Gasteiger partial charge is 0.354 e. The molecule has 1 heterocycles. The lowest BCUT2D eigenvalue weighted by molar-refractivity contribution is 0.361. The van der Waals surface area contributed by atoms with Crippen LogP contribution in [0.1, 0.15) is 32.6 Å². The van der Waals surface area contributed by atoms with Crippen molar-refractivity contribution in [3.8, 4) is 0 Å². The Morgan fingerprint density at radius 1 is 1.33 bits per heavy atom. The predicted molar refractivity (Wildman–Crippen MR) is 57.1 cm³/mol. The van der Waals surface area contributed by atoms with Gasteiger partial charge >= 0.3 is 0 Å². The van der Waals surface area contributed by atoms with E-state index >= 15 is 0 Å². The number of anilines is 1. The SMILES string of the molecule is CC1(CNc2ncc(F)cn2)CCCC1. The second-order valence-electron chi connectivity index (χ2n) is 4.60. The summed E-state index contributed by atoms with van der Waals surface area (Å²) in [6.45, 7) is 3.15. The molecule has 3 nitrogen and oxygen atoms in total. The zero-order chi connectivity index (χ0) is 10.7. The van der Waals surface area contributed by atoms with Gasteiger partial charge in [-0.05, 0) is 18.3 Å². The summed E-state index contributed by atoms with van der Waals surface area (Å²) in [6, 6.07) is 0. The molecule has 0 radical (unpaired) electrons. The van der Waals surface area contributed by atoms with Crippen molar-refractivity contribution in [3.63, 3.8) is 0 Å². The van der Waals surface area contributed by atoms with Crippen LogP contribution >= 0.6 is 0 Å². The number of aromatic nitrogens is 2. The van der Waals surface area contributed by atoms with E-state index in [9.17, 15) is 4.39 Å². The highest BCUT2D eigenvalue weighted by molar-refractivity contribution is 5.23. The molecule has 0 spiro atoms. The Labute approximate surface area is 89.1 Å². The number of hydrogen-bond donors (Lipinski definition) is 1. The first kappa shape index (κ1) is 10.3. The molecule has 2 rings (SSSR count). The first-order valence-corrected chi connectivity index (χ1v) is 5.39. The first-order valence-electron chi connectivity index (χ1n) is 5.39. The van der Waals surface area contributed by atoms with Gasteiger partial charge in [-0.1, -0.05) is 19.8 Å². The number of nitrogens with one attached hydrogen (secondary N) is 1. The summed E-state index contributed by atoms with van der Waals surface area (Å²) in [5, 5.41) is 3.17. The summed E-state index contributed by atoms with van der Waals surface area (Å²) >= 11 is 0. The highest BCUT2D eigenvalue weighted by atomic mass is 19.1. The maximum Gasteiger partial charge on any atom is 0.222 e. The van der Waals surface area contributed by atoms with Crippen molar-refractivity contribution in [1.82, 2.24) is 9.97 Å². The molecule has 1 aromatic rings. The van der Waals surface area contributed by atoms with Crippen LogP contribution in [-0.4, -0.2) is 16.5 Å². The normalized spacial score (nSPS) is 19.1. The maximum absolute atomic E-state index is 12.6. The zero-order valence-electron chi connectivity index (χ0n) is 8.96. The van der Waals surface area contributed by atoms with Gasteiger partial charge in [0.05, 0.1) is 12.4 Å². The summed E-state index contributed by atoms with van der Waals surface area (Å²) in [4.78, 5) is 7.75. The van der Waals surface area contributed by atoms with Gasteiger partial charge in [-0.15, -0.1) is 0 Å². The van der Waals surface area contributed by atoms with Gasteiger partial charge in [0, 0.05) is 6.54 Å². The van der Waals surface area contributed by atoms with Crippen molar-refractivity contribution in [2.45, 2.75) is 32.6 Å². The fraction of sp³-hybridized carbons (Fsp3) is 0.636. The van der Waals surface area contributed by atoms with Crippen molar-refractivity contribution in [2.75, 3.05) is 11.9 Å². The molecule has 0 saturated heterocycles. The molecule has 1 aromatic heterocycles. The molecule has 0 bridgehead atoms. The Hall–Kier alpha value is -1.19. The molecule has 1 N–H and O–H groups in total. The Balaban J connectivity index is 1.90. The lowest BCUT2D eigenvalue weighted by Crippen LogP contribution is -2.23. The Bertz CT molecular complexity index is 317. The minimum absolute atomic E-state index is 0.359. The zero-order valence-corrected chi connectivity index (χ0v) is 8.96. The lowest BCUT2D eigenvalue weighted by atomic mass is 9.89. The van der Waals surface area contributed by atoms with Gasteiger partial charge in [0.25, 0.3) is 0 Å². The molecule has 0 atom stereocenters. The molecule has 1 aliphatic carbocycles. The topological polar surface area (TPSA) is 37.8 Å². The van der Waals surface area contributed by atoms with Crippen molar-refractivity contribution >= 4 is 5.95 Å². The fourth-order valence-electron chi connectivity index (χ4n) is 2.10. The van der Waals surface area contributed by atoms with Crippen LogP contribution in [0.3, 0.4) is 0 Å². The number of halogens is 1. The minimum Gasteiger partial charge on any atom is -0.354 e. The highest BCUT2D eigenvalue weighted by Gasteiger charge is 2.28. The number of hydrogen-bond acceptors (Lipinski definition) is 3. The quantitative estimate of drug-likeness (QED) is 0.831. The number of nitrogens with zero attached hydrogens (tertiary/aromatic N) is 2. The van der Waals surface area contributed by atoms with E-state index in [0.717, 1.165) is 6.54 Å². The molecule has 1 fully saturated rings. The van der Waals surface area contributed by atoms with Gasteiger partial charge in [-0.2, -0.15) is 0 Å². The Morgan fingerprint density at radius 3 is 2.53 bits per heavy atom. The summed E-state index contributed by atoms with van der Waals surface area (Å²) < 4.78 is 12.6. The van der Waals surface area contributed by atoms with E-state index in [1.54, 1.807) is 0 Å². The molecule has 0 amide bonds. The van der Waals surface area contributed by atoms with Crippen LogP contribution < -0.4 is 5.32 Å². The van der Waals surface area contributed by atoms with Gasteiger partial charge in [-0.25, -0.2) is 14.4 Å². The molecule has 1 aliphatic rings. The van der Waals surface area contributed by atoms with Crippen LogP contribution in [-0.2, 0) is 0 Å². The standard InChI is InChI=1S/C11H16FN3/c1-11(4-2-3-5-11)8-15-10-13-6-9(12)7-14-10/h6-7H,2-5,8H2,1H3,(H,13,14,15). The summed E-state index contributed by atoms with van der Waals surface area (Å²) in [6.07, 6.45) is 7.49. The van der Waals surface area contributed by atoms with Gasteiger partial charge in [-0.3, -0.25) is 0 Å². The Kier molecular flexibility index (Phi) is 2.84. The highest BCUT2D eigenvalue weighted by Crippen LogP contribution is 2.37. The second kappa shape index (κ2) is 4.13. The van der Waals surface area contributed by atoms with E-state index in [0.29, 0.717) is 11.4 Å². The maximum atomic E-state index is 12.6. The summed E-state index contributed by atoms with van der Waals surface area (Å²) in [5.41, 5.74) is 0.359. The molecule has 4 heteroatoms. The molecule has 0 unspecified atom stereocenters. The molecular weight excluding hydrogens is 193 g/mol. The third kappa shape index (κ3) is 2.64. The van der Waals surface area contributed by atoms with Crippen LogP contribution in [0.25, 0.3) is 0 Å². The molecule has 15 heavy (non-hydrogen) atoms. The second-order valence-corrected chi connectivity index (χ2v) is 4.60. The van der Waals surface area contributed by atoms with Crippen LogP contribution in [0, 0.1) is 11.2 Å². The van der Waals surface area contributed by atoms with Crippen LogP contribution in [0.2, 0.25) is 0 Å². The van der Waals surface area contributed by atoms with E-state index in [1.807, 2.05) is 0 Å². The van der Waals surface area contributed by atoms with Gasteiger partial charge in [0.15, 0.2) is 5.82 Å². The smallest absolute Gasteiger partial charge is 0.222 e. The predicted octanol–water partition coefficient (Wildman–Crippen LogP) is 2.61. The fourth-order valence-corrected chi connectivity index (χ4v) is 2.10. The van der Waals surface area contributed by atoms with Crippen LogP contribution in [0.4, 0.5) is 10.3 Å². The van der Waals surface area contributed by atoms with Crippen molar-refractivity contribution in [2.24, 2.45) is 5.41 Å². The van der Waals surface area contributed by atoms with E-state index in [-0.39, 0.29) is 0 Å². The van der Waals surface area contributed by atoms with Gasteiger partial charge in [0.2, 0.25) is 5.95 Å². The van der Waals surface area contributed by atoms with E-state index in [2.05, 4.69) is 22.2 Å². The molecule has 1 saturated carbocycles. The third-order valence-corrected chi connectivity index (χ3v) is 3.10. The van der Waals surface area contributed by atoms with E-state index in [4.69, 9.17) is 0 Å². The third-order valence-electron chi connectivity index (χ3n) is 3.10. The molecular formula is C11H16FN3. The average molecular weight is 209 g/mol. The van der Waals surface area contributed by atoms with Crippen molar-refractivity contribution in [1.29, 1.82) is 0 Å². The molecule has 82 valence electrons. The van der Waals surface area contributed by atoms with Gasteiger partial charge < -0.3 is 5.32 Å². The minimum atomic E-state index is -0.396. The lowest BCUT2D eigenvalue weighted by Gasteiger charge is -2.23. The molecule has 0 aliphatic heterocycles. The molecule has 0 aromatic carbocycles. The van der Waals surface area contributed by atoms with Crippen LogP contribution in [0.5, 0.6) is 0 Å². The monoisotopic (exact) mass is 209 g/mol. The first-order chi connectivity index (χ1) is 7.18. The number of rotatable bonds is 3. The summed E-state index contributed by atoms with van der Waals surface area (Å²) in [5.74, 6) is 0.122. The van der Waals surface area contributed by atoms with Crippen LogP contribution in [0.15, 0.2) is 12.4 Å².